The third kappa shape index (κ3) is 5.38. The van der Waals surface area contributed by atoms with Gasteiger partial charge in [0.25, 0.3) is 5.91 Å². The van der Waals surface area contributed by atoms with Gasteiger partial charge in [-0.1, -0.05) is 0 Å². The minimum Gasteiger partial charge on any atom is -0.356 e. The molecule has 0 radical (unpaired) electrons. The Morgan fingerprint density at radius 3 is 2.64 bits per heavy atom. The lowest BCUT2D eigenvalue weighted by molar-refractivity contribution is -0.0102. The minimum absolute atomic E-state index is 0.0311. The molecule has 0 bridgehead atoms. The molecule has 3 aromatic rings. The standard InChI is InChI=1S/C24H27F3N6O2S/c1-15-18(16-12-30-32(2)14-16)13-29-22(33-9-4-7-24(26,27)8-10-33)21(15)23(34)31-17-5-6-19(25)20(11-17)36(3,28)35/h5-6,11-14,28H,4,7-10H2,1-3H3,(H,31,34)/t36-/m0/s1. The molecule has 36 heavy (non-hydrogen) atoms. The molecule has 1 fully saturated rings. The first-order valence-corrected chi connectivity index (χ1v) is 13.3. The van der Waals surface area contributed by atoms with Crippen molar-refractivity contribution >= 4 is 27.1 Å². The van der Waals surface area contributed by atoms with Gasteiger partial charge in [-0.2, -0.15) is 5.10 Å². The number of hydrogen-bond acceptors (Lipinski definition) is 6. The lowest BCUT2D eigenvalue weighted by Gasteiger charge is -2.26. The van der Waals surface area contributed by atoms with E-state index in [0.717, 1.165) is 17.9 Å². The fourth-order valence-corrected chi connectivity index (χ4v) is 5.09. The topological polar surface area (TPSA) is 104 Å². The van der Waals surface area contributed by atoms with Crippen molar-refractivity contribution in [2.75, 3.05) is 29.6 Å². The highest BCUT2D eigenvalue weighted by Crippen LogP contribution is 2.34. The number of aromatic nitrogens is 3. The molecule has 0 spiro atoms. The SMILES string of the molecule is Cc1c(-c2cnn(C)c2)cnc(N2CCCC(F)(F)CC2)c1C(=O)Nc1ccc(F)c([S@@](C)(=N)=O)c1. The quantitative estimate of drug-likeness (QED) is 0.501. The van der Waals surface area contributed by atoms with Crippen LogP contribution in [0.1, 0.15) is 35.2 Å². The third-order valence-corrected chi connectivity index (χ3v) is 7.34. The second-order valence-electron chi connectivity index (χ2n) is 9.04. The van der Waals surface area contributed by atoms with Gasteiger partial charge in [0.05, 0.1) is 26.4 Å². The molecular weight excluding hydrogens is 493 g/mol. The maximum absolute atomic E-state index is 14.1. The van der Waals surface area contributed by atoms with Crippen LogP contribution in [0.5, 0.6) is 0 Å². The van der Waals surface area contributed by atoms with E-state index in [9.17, 15) is 22.2 Å². The number of aryl methyl sites for hydroxylation is 1. The first-order valence-electron chi connectivity index (χ1n) is 11.3. The van der Waals surface area contributed by atoms with Gasteiger partial charge in [0.2, 0.25) is 5.92 Å². The van der Waals surface area contributed by atoms with Crippen molar-refractivity contribution in [2.45, 2.75) is 37.0 Å². The lowest BCUT2D eigenvalue weighted by Crippen LogP contribution is -2.30. The maximum Gasteiger partial charge on any atom is 0.259 e. The van der Waals surface area contributed by atoms with E-state index in [2.05, 4.69) is 15.4 Å². The summed E-state index contributed by atoms with van der Waals surface area (Å²) in [5.41, 5.74) is 2.30. The molecule has 1 saturated heterocycles. The number of carbonyl (C=O) groups is 1. The number of rotatable bonds is 5. The predicted octanol–water partition coefficient (Wildman–Crippen LogP) is 4.84. The van der Waals surface area contributed by atoms with E-state index >= 15 is 0 Å². The van der Waals surface area contributed by atoms with Crippen molar-refractivity contribution in [3.63, 3.8) is 0 Å². The summed E-state index contributed by atoms with van der Waals surface area (Å²) in [7, 11) is -1.61. The van der Waals surface area contributed by atoms with Gasteiger partial charge < -0.3 is 10.2 Å². The van der Waals surface area contributed by atoms with Crippen LogP contribution in [-0.2, 0) is 16.8 Å². The average Bonchev–Trinajstić information content (AvgIpc) is 3.13. The van der Waals surface area contributed by atoms with Crippen LogP contribution >= 0.6 is 0 Å². The van der Waals surface area contributed by atoms with E-state index < -0.39 is 27.4 Å². The summed E-state index contributed by atoms with van der Waals surface area (Å²) < 4.78 is 63.7. The van der Waals surface area contributed by atoms with Gasteiger partial charge in [-0.15, -0.1) is 0 Å². The Morgan fingerprint density at radius 2 is 1.97 bits per heavy atom. The molecule has 0 saturated carbocycles. The average molecular weight is 521 g/mol. The Labute approximate surface area is 207 Å². The molecule has 4 rings (SSSR count). The first-order chi connectivity index (χ1) is 16.9. The molecule has 1 aliphatic heterocycles. The number of nitrogens with one attached hydrogen (secondary N) is 2. The highest BCUT2D eigenvalue weighted by Gasteiger charge is 2.33. The van der Waals surface area contributed by atoms with Gasteiger partial charge in [-0.3, -0.25) is 9.48 Å². The molecule has 3 heterocycles. The van der Waals surface area contributed by atoms with Crippen LogP contribution in [0.3, 0.4) is 0 Å². The number of nitrogens with zero attached hydrogens (tertiary/aromatic N) is 4. The smallest absolute Gasteiger partial charge is 0.259 e. The molecular formula is C24H27F3N6O2S. The largest absolute Gasteiger partial charge is 0.356 e. The molecule has 192 valence electrons. The van der Waals surface area contributed by atoms with Crippen molar-refractivity contribution in [1.82, 2.24) is 14.8 Å². The maximum atomic E-state index is 14.1. The number of benzene rings is 1. The Morgan fingerprint density at radius 1 is 1.22 bits per heavy atom. The Kier molecular flexibility index (Phi) is 6.82. The van der Waals surface area contributed by atoms with Gasteiger partial charge in [0.15, 0.2) is 0 Å². The molecule has 2 N–H and O–H groups in total. The van der Waals surface area contributed by atoms with E-state index in [1.54, 1.807) is 42.1 Å². The highest BCUT2D eigenvalue weighted by molar-refractivity contribution is 7.91. The first kappa shape index (κ1) is 25.7. The highest BCUT2D eigenvalue weighted by atomic mass is 32.2. The third-order valence-electron chi connectivity index (χ3n) is 6.19. The number of pyridine rings is 1. The summed E-state index contributed by atoms with van der Waals surface area (Å²) in [4.78, 5) is 19.5. The zero-order chi connectivity index (χ0) is 26.3. The minimum atomic E-state index is -3.37. The lowest BCUT2D eigenvalue weighted by atomic mass is 9.99. The van der Waals surface area contributed by atoms with E-state index in [-0.39, 0.29) is 47.8 Å². The van der Waals surface area contributed by atoms with Gasteiger partial charge in [0.1, 0.15) is 11.6 Å². The summed E-state index contributed by atoms with van der Waals surface area (Å²) in [6, 6.07) is 3.52. The Hall–Kier alpha value is -3.41. The van der Waals surface area contributed by atoms with E-state index in [4.69, 9.17) is 4.78 Å². The van der Waals surface area contributed by atoms with Crippen LogP contribution < -0.4 is 10.2 Å². The van der Waals surface area contributed by atoms with Crippen molar-refractivity contribution in [2.24, 2.45) is 7.05 Å². The second-order valence-corrected chi connectivity index (χ2v) is 11.2. The van der Waals surface area contributed by atoms with Crippen LogP contribution in [0.2, 0.25) is 0 Å². The molecule has 2 aromatic heterocycles. The summed E-state index contributed by atoms with van der Waals surface area (Å²) >= 11 is 0. The van der Waals surface area contributed by atoms with Gasteiger partial charge in [-0.05, 0) is 37.1 Å². The molecule has 8 nitrogen and oxygen atoms in total. The predicted molar refractivity (Wildman–Crippen MR) is 132 cm³/mol. The number of anilines is 2. The molecule has 1 aliphatic rings. The summed E-state index contributed by atoms with van der Waals surface area (Å²) in [6.45, 7) is 2.09. The monoisotopic (exact) mass is 520 g/mol. The Balaban J connectivity index is 1.78. The summed E-state index contributed by atoms with van der Waals surface area (Å²) in [6.07, 6.45) is 5.76. The van der Waals surface area contributed by atoms with E-state index in [1.807, 2.05) is 0 Å². The number of halogens is 3. The van der Waals surface area contributed by atoms with Crippen molar-refractivity contribution < 1.29 is 22.2 Å². The molecule has 1 atom stereocenters. The van der Waals surface area contributed by atoms with Crippen molar-refractivity contribution in [1.29, 1.82) is 4.78 Å². The molecule has 1 amide bonds. The number of alkyl halides is 2. The van der Waals surface area contributed by atoms with Crippen LogP contribution in [0.15, 0.2) is 41.7 Å². The van der Waals surface area contributed by atoms with Gasteiger partial charge >= 0.3 is 0 Å². The molecule has 0 aliphatic carbocycles. The summed E-state index contributed by atoms with van der Waals surface area (Å²) in [5, 5.41) is 6.86. The van der Waals surface area contributed by atoms with Crippen molar-refractivity contribution in [3.8, 4) is 11.1 Å². The van der Waals surface area contributed by atoms with E-state index in [0.29, 0.717) is 17.7 Å². The summed E-state index contributed by atoms with van der Waals surface area (Å²) in [5.74, 6) is -3.90. The zero-order valence-electron chi connectivity index (χ0n) is 20.1. The van der Waals surface area contributed by atoms with Crippen LogP contribution in [0, 0.1) is 17.5 Å². The van der Waals surface area contributed by atoms with E-state index in [1.165, 1.54) is 12.1 Å². The fraction of sp³-hybridized carbons (Fsp3) is 0.375. The molecule has 0 unspecified atom stereocenters. The van der Waals surface area contributed by atoms with Crippen molar-refractivity contribution in [3.05, 3.63) is 53.7 Å². The number of hydrogen-bond donors (Lipinski definition) is 2. The molecule has 12 heteroatoms. The fourth-order valence-electron chi connectivity index (χ4n) is 4.30. The zero-order valence-corrected chi connectivity index (χ0v) is 21.0. The molecule has 1 aromatic carbocycles. The van der Waals surface area contributed by atoms with Crippen LogP contribution in [0.25, 0.3) is 11.1 Å². The Bertz CT molecular complexity index is 1420. The van der Waals surface area contributed by atoms with Gasteiger partial charge in [0, 0.05) is 68.4 Å². The number of carbonyl (C=O) groups excluding carboxylic acids is 1. The van der Waals surface area contributed by atoms with Crippen LogP contribution in [-0.4, -0.2) is 50.1 Å². The normalized spacial score (nSPS) is 17.3. The van der Waals surface area contributed by atoms with Crippen LogP contribution in [0.4, 0.5) is 24.7 Å². The van der Waals surface area contributed by atoms with Gasteiger partial charge in [-0.25, -0.2) is 27.1 Å². The second kappa shape index (κ2) is 9.57. The number of amides is 1.